The zero-order chi connectivity index (χ0) is 14.7. The lowest BCUT2D eigenvalue weighted by Gasteiger charge is -2.06. The highest BCUT2D eigenvalue weighted by Gasteiger charge is 2.08. The summed E-state index contributed by atoms with van der Waals surface area (Å²) in [7, 11) is 0. The van der Waals surface area contributed by atoms with Gasteiger partial charge in [-0.25, -0.2) is 9.97 Å². The number of rotatable bonds is 3. The lowest BCUT2D eigenvalue weighted by atomic mass is 10.2. The number of nitrogens with zero attached hydrogens (tertiary/aromatic N) is 2. The second-order valence-electron chi connectivity index (χ2n) is 4.25. The highest BCUT2D eigenvalue weighted by Crippen LogP contribution is 2.33. The third kappa shape index (κ3) is 3.64. The van der Waals surface area contributed by atoms with Gasteiger partial charge in [-0.3, -0.25) is 0 Å². The van der Waals surface area contributed by atoms with E-state index in [0.29, 0.717) is 11.0 Å². The number of aromatic nitrogens is 2. The maximum atomic E-state index is 6.13. The Kier molecular flexibility index (Phi) is 4.58. The van der Waals surface area contributed by atoms with Crippen molar-refractivity contribution in [2.45, 2.75) is 9.92 Å². The summed E-state index contributed by atoms with van der Waals surface area (Å²) < 4.78 is 1.03. The minimum atomic E-state index is 0.443. The second-order valence-corrected chi connectivity index (χ2v) is 6.55. The molecule has 0 unspecified atom stereocenters. The SMILES string of the molecule is Clc1cc(Sc2ccccc2Br)nc(-c2ccccc2)n1. The van der Waals surface area contributed by atoms with Crippen LogP contribution in [0.25, 0.3) is 11.4 Å². The van der Waals surface area contributed by atoms with Gasteiger partial charge < -0.3 is 0 Å². The van der Waals surface area contributed by atoms with Gasteiger partial charge in [0, 0.05) is 21.0 Å². The molecular weight excluding hydrogens is 368 g/mol. The van der Waals surface area contributed by atoms with Gasteiger partial charge >= 0.3 is 0 Å². The molecule has 0 N–H and O–H groups in total. The van der Waals surface area contributed by atoms with Gasteiger partial charge in [-0.2, -0.15) is 0 Å². The first-order chi connectivity index (χ1) is 10.2. The summed E-state index contributed by atoms with van der Waals surface area (Å²) in [5.41, 5.74) is 0.953. The normalized spacial score (nSPS) is 10.6. The predicted octanol–water partition coefficient (Wildman–Crippen LogP) is 5.71. The Hall–Kier alpha value is -1.36. The van der Waals surface area contributed by atoms with Crippen molar-refractivity contribution in [2.24, 2.45) is 0 Å². The van der Waals surface area contributed by atoms with Gasteiger partial charge in [0.1, 0.15) is 10.2 Å². The third-order valence-corrected chi connectivity index (χ3v) is 4.90. The van der Waals surface area contributed by atoms with Gasteiger partial charge in [0.15, 0.2) is 5.82 Å². The first kappa shape index (κ1) is 14.6. The summed E-state index contributed by atoms with van der Waals surface area (Å²) in [6, 6.07) is 19.6. The fraction of sp³-hybridized carbons (Fsp3) is 0. The monoisotopic (exact) mass is 376 g/mol. The fourth-order valence-electron chi connectivity index (χ4n) is 1.81. The van der Waals surface area contributed by atoms with Crippen molar-refractivity contribution in [3.8, 4) is 11.4 Å². The number of benzene rings is 2. The number of halogens is 2. The van der Waals surface area contributed by atoms with Crippen molar-refractivity contribution >= 4 is 39.3 Å². The standard InChI is InChI=1S/C16H10BrClN2S/c17-12-8-4-5-9-13(12)21-15-10-14(18)19-16(20-15)11-6-2-1-3-7-11/h1-10H. The molecule has 0 aliphatic carbocycles. The molecule has 0 bridgehead atoms. The van der Waals surface area contributed by atoms with Crippen LogP contribution in [0.15, 0.2) is 75.1 Å². The van der Waals surface area contributed by atoms with Crippen molar-refractivity contribution in [2.75, 3.05) is 0 Å². The summed E-state index contributed by atoms with van der Waals surface area (Å²) in [5.74, 6) is 0.637. The molecule has 0 aliphatic heterocycles. The molecule has 2 nitrogen and oxygen atoms in total. The topological polar surface area (TPSA) is 25.8 Å². The molecule has 0 atom stereocenters. The Morgan fingerprint density at radius 3 is 2.38 bits per heavy atom. The lowest BCUT2D eigenvalue weighted by Crippen LogP contribution is -1.91. The van der Waals surface area contributed by atoms with Crippen LogP contribution in [0.1, 0.15) is 0 Å². The Bertz CT molecular complexity index is 765. The summed E-state index contributed by atoms with van der Waals surface area (Å²) >= 11 is 11.2. The van der Waals surface area contributed by atoms with Crippen LogP contribution >= 0.6 is 39.3 Å². The predicted molar refractivity (Wildman–Crippen MR) is 90.7 cm³/mol. The van der Waals surface area contributed by atoms with Gasteiger partial charge in [0.05, 0.1) is 0 Å². The maximum absolute atomic E-state index is 6.13. The molecule has 0 spiro atoms. The van der Waals surface area contributed by atoms with Crippen molar-refractivity contribution in [1.82, 2.24) is 9.97 Å². The van der Waals surface area contributed by atoms with E-state index in [-0.39, 0.29) is 0 Å². The van der Waals surface area contributed by atoms with E-state index in [0.717, 1.165) is 20.0 Å². The Labute approximate surface area is 140 Å². The zero-order valence-electron chi connectivity index (χ0n) is 10.8. The Morgan fingerprint density at radius 2 is 1.62 bits per heavy atom. The van der Waals surface area contributed by atoms with Crippen LogP contribution in [-0.2, 0) is 0 Å². The average Bonchev–Trinajstić information content (AvgIpc) is 2.50. The average molecular weight is 378 g/mol. The minimum Gasteiger partial charge on any atom is -0.221 e. The molecule has 3 rings (SSSR count). The molecule has 0 aliphatic rings. The lowest BCUT2D eigenvalue weighted by molar-refractivity contribution is 1.06. The summed E-state index contributed by atoms with van der Waals surface area (Å²) in [6.45, 7) is 0. The summed E-state index contributed by atoms with van der Waals surface area (Å²) in [5, 5.41) is 1.26. The first-order valence-corrected chi connectivity index (χ1v) is 8.23. The molecule has 3 aromatic rings. The Balaban J connectivity index is 1.97. The molecule has 0 saturated heterocycles. The molecule has 1 heterocycles. The molecule has 1 aromatic heterocycles. The highest BCUT2D eigenvalue weighted by atomic mass is 79.9. The molecule has 2 aromatic carbocycles. The minimum absolute atomic E-state index is 0.443. The molecule has 5 heteroatoms. The van der Waals surface area contributed by atoms with E-state index in [9.17, 15) is 0 Å². The van der Waals surface area contributed by atoms with E-state index in [1.807, 2.05) is 54.6 Å². The van der Waals surface area contributed by atoms with Crippen molar-refractivity contribution < 1.29 is 0 Å². The van der Waals surface area contributed by atoms with Crippen molar-refractivity contribution in [3.05, 3.63) is 70.3 Å². The van der Waals surface area contributed by atoms with Gasteiger partial charge in [-0.1, -0.05) is 65.8 Å². The smallest absolute Gasteiger partial charge is 0.162 e. The van der Waals surface area contributed by atoms with Crippen LogP contribution in [0.2, 0.25) is 5.15 Å². The fourth-order valence-corrected chi connectivity index (χ4v) is 3.42. The van der Waals surface area contributed by atoms with Gasteiger partial charge in [-0.15, -0.1) is 0 Å². The van der Waals surface area contributed by atoms with E-state index in [2.05, 4.69) is 25.9 Å². The van der Waals surface area contributed by atoms with Gasteiger partial charge in [-0.05, 0) is 28.1 Å². The second kappa shape index (κ2) is 6.60. The van der Waals surface area contributed by atoms with Gasteiger partial charge in [0.25, 0.3) is 0 Å². The number of hydrogen-bond donors (Lipinski definition) is 0. The van der Waals surface area contributed by atoms with E-state index in [4.69, 9.17) is 11.6 Å². The number of hydrogen-bond acceptors (Lipinski definition) is 3. The molecular formula is C16H10BrClN2S. The molecule has 0 radical (unpaired) electrons. The summed E-state index contributed by atoms with van der Waals surface area (Å²) in [6.07, 6.45) is 0. The molecule has 0 saturated carbocycles. The van der Waals surface area contributed by atoms with E-state index < -0.39 is 0 Å². The van der Waals surface area contributed by atoms with Crippen LogP contribution in [0, 0.1) is 0 Å². The highest BCUT2D eigenvalue weighted by molar-refractivity contribution is 9.10. The molecule has 0 amide bonds. The van der Waals surface area contributed by atoms with E-state index in [1.54, 1.807) is 17.8 Å². The first-order valence-electron chi connectivity index (χ1n) is 6.25. The van der Waals surface area contributed by atoms with Crippen LogP contribution in [-0.4, -0.2) is 9.97 Å². The van der Waals surface area contributed by atoms with E-state index in [1.165, 1.54) is 0 Å². The van der Waals surface area contributed by atoms with Gasteiger partial charge in [0.2, 0.25) is 0 Å². The van der Waals surface area contributed by atoms with Crippen LogP contribution in [0.4, 0.5) is 0 Å². The van der Waals surface area contributed by atoms with Crippen LogP contribution in [0.5, 0.6) is 0 Å². The summed E-state index contributed by atoms with van der Waals surface area (Å²) in [4.78, 5) is 9.97. The zero-order valence-corrected chi connectivity index (χ0v) is 14.0. The maximum Gasteiger partial charge on any atom is 0.162 e. The van der Waals surface area contributed by atoms with Crippen LogP contribution < -0.4 is 0 Å². The molecule has 21 heavy (non-hydrogen) atoms. The van der Waals surface area contributed by atoms with Crippen molar-refractivity contribution in [1.29, 1.82) is 0 Å². The largest absolute Gasteiger partial charge is 0.221 e. The molecule has 104 valence electrons. The van der Waals surface area contributed by atoms with Crippen LogP contribution in [0.3, 0.4) is 0 Å². The molecule has 0 fully saturated rings. The third-order valence-electron chi connectivity index (χ3n) is 2.75. The Morgan fingerprint density at radius 1 is 0.905 bits per heavy atom. The van der Waals surface area contributed by atoms with E-state index >= 15 is 0 Å². The quantitative estimate of drug-likeness (QED) is 0.547. The van der Waals surface area contributed by atoms with Crippen molar-refractivity contribution in [3.63, 3.8) is 0 Å².